The molecular weight excluding hydrogens is 295 g/mol. The smallest absolute Gasteiger partial charge is 0.411 e. The van der Waals surface area contributed by atoms with Gasteiger partial charge in [0.05, 0.1) is 5.92 Å². The van der Waals surface area contributed by atoms with Crippen molar-refractivity contribution in [2.24, 2.45) is 0 Å². The number of rotatable bonds is 1. The van der Waals surface area contributed by atoms with Crippen LogP contribution >= 0.6 is 0 Å². The van der Waals surface area contributed by atoms with Crippen molar-refractivity contribution < 1.29 is 13.9 Å². The Labute approximate surface area is 136 Å². The van der Waals surface area contributed by atoms with Gasteiger partial charge in [-0.05, 0) is 51.3 Å². The van der Waals surface area contributed by atoms with Crippen molar-refractivity contribution in [3.8, 4) is 0 Å². The molecule has 1 spiro atoms. The van der Waals surface area contributed by atoms with E-state index in [0.717, 1.165) is 18.4 Å². The van der Waals surface area contributed by atoms with Crippen LogP contribution in [0.3, 0.4) is 0 Å². The Morgan fingerprint density at radius 2 is 2.13 bits per heavy atom. The van der Waals surface area contributed by atoms with Crippen LogP contribution in [0.25, 0.3) is 4.85 Å². The van der Waals surface area contributed by atoms with Crippen LogP contribution in [0, 0.1) is 12.4 Å². The van der Waals surface area contributed by atoms with E-state index in [-0.39, 0.29) is 23.9 Å². The molecule has 23 heavy (non-hydrogen) atoms. The summed E-state index contributed by atoms with van der Waals surface area (Å²) < 4.78 is 19.1. The Balaban J connectivity index is 1.90. The molecule has 1 aliphatic carbocycles. The first-order chi connectivity index (χ1) is 10.8. The maximum absolute atomic E-state index is 13.6. The topological polar surface area (TPSA) is 33.9 Å². The van der Waals surface area contributed by atoms with Gasteiger partial charge in [-0.25, -0.2) is 15.8 Å². The molecule has 1 aromatic carbocycles. The number of ether oxygens (including phenoxy) is 1. The normalized spacial score (nSPS) is 25.3. The highest BCUT2D eigenvalue weighted by Crippen LogP contribution is 2.55. The molecular formula is C18H21FN2O2. The van der Waals surface area contributed by atoms with Gasteiger partial charge in [0, 0.05) is 6.54 Å². The van der Waals surface area contributed by atoms with E-state index in [2.05, 4.69) is 4.85 Å². The summed E-state index contributed by atoms with van der Waals surface area (Å²) >= 11 is 0. The van der Waals surface area contributed by atoms with Crippen molar-refractivity contribution in [1.29, 1.82) is 0 Å². The van der Waals surface area contributed by atoms with Crippen LogP contribution in [0.1, 0.15) is 45.1 Å². The highest BCUT2D eigenvalue weighted by molar-refractivity contribution is 5.71. The maximum atomic E-state index is 13.6. The molecule has 0 N–H and O–H groups in total. The number of hydrogen-bond acceptors (Lipinski definition) is 2. The zero-order chi connectivity index (χ0) is 16.8. The van der Waals surface area contributed by atoms with E-state index in [9.17, 15) is 9.18 Å². The third-order valence-corrected chi connectivity index (χ3v) is 4.64. The van der Waals surface area contributed by atoms with Gasteiger partial charge in [0.15, 0.2) is 0 Å². The van der Waals surface area contributed by atoms with E-state index in [4.69, 9.17) is 11.3 Å². The maximum Gasteiger partial charge on any atom is 0.411 e. The first-order valence-corrected chi connectivity index (χ1v) is 7.89. The fraction of sp³-hybridized carbons (Fsp3) is 0.556. The van der Waals surface area contributed by atoms with Crippen molar-refractivity contribution >= 4 is 6.09 Å². The molecule has 0 radical (unpaired) electrons. The van der Waals surface area contributed by atoms with Gasteiger partial charge in [-0.3, -0.25) is 4.90 Å². The zero-order valence-corrected chi connectivity index (χ0v) is 13.7. The molecule has 1 aromatic rings. The second kappa shape index (κ2) is 5.23. The summed E-state index contributed by atoms with van der Waals surface area (Å²) in [5, 5.41) is 0. The van der Waals surface area contributed by atoms with Crippen molar-refractivity contribution in [3.05, 3.63) is 47.1 Å². The van der Waals surface area contributed by atoms with Gasteiger partial charge in [0.2, 0.25) is 0 Å². The monoisotopic (exact) mass is 316 g/mol. The quantitative estimate of drug-likeness (QED) is 0.734. The summed E-state index contributed by atoms with van der Waals surface area (Å²) in [5.74, 6) is -0.481. The lowest BCUT2D eigenvalue weighted by molar-refractivity contribution is 0.0199. The summed E-state index contributed by atoms with van der Waals surface area (Å²) in [6.45, 7) is 13.5. The largest absolute Gasteiger partial charge is 0.444 e. The SMILES string of the molecule is [C-]#[N+][C@H]1[C@H](c2cccc(F)c2)CN(C(=O)OC(C)(C)C)C12CC2. The number of carbonyl (C=O) groups is 1. The van der Waals surface area contributed by atoms with Gasteiger partial charge in [-0.15, -0.1) is 0 Å². The molecule has 2 aliphatic rings. The van der Waals surface area contributed by atoms with Gasteiger partial charge in [-0.1, -0.05) is 12.1 Å². The van der Waals surface area contributed by atoms with Crippen LogP contribution in [0.15, 0.2) is 24.3 Å². The van der Waals surface area contributed by atoms with Crippen LogP contribution in [-0.2, 0) is 4.74 Å². The van der Waals surface area contributed by atoms with Crippen LogP contribution in [0.2, 0.25) is 0 Å². The number of benzene rings is 1. The van der Waals surface area contributed by atoms with E-state index >= 15 is 0 Å². The lowest BCUT2D eigenvalue weighted by Gasteiger charge is -2.27. The molecule has 5 heteroatoms. The molecule has 1 heterocycles. The van der Waals surface area contributed by atoms with E-state index in [1.807, 2.05) is 26.8 Å². The number of nitrogens with zero attached hydrogens (tertiary/aromatic N) is 2. The summed E-state index contributed by atoms with van der Waals surface area (Å²) in [4.78, 5) is 18.1. The van der Waals surface area contributed by atoms with E-state index in [0.29, 0.717) is 6.54 Å². The lowest BCUT2D eigenvalue weighted by atomic mass is 9.90. The average molecular weight is 316 g/mol. The molecule has 122 valence electrons. The summed E-state index contributed by atoms with van der Waals surface area (Å²) in [6, 6.07) is 6.01. The molecule has 1 saturated heterocycles. The van der Waals surface area contributed by atoms with Gasteiger partial charge >= 0.3 is 6.09 Å². The summed E-state index contributed by atoms with van der Waals surface area (Å²) in [7, 11) is 0. The molecule has 2 fully saturated rings. The van der Waals surface area contributed by atoms with Crippen LogP contribution in [0.5, 0.6) is 0 Å². The first-order valence-electron chi connectivity index (χ1n) is 7.89. The van der Waals surface area contributed by atoms with Crippen molar-refractivity contribution in [2.75, 3.05) is 6.54 Å². The van der Waals surface area contributed by atoms with Crippen LogP contribution in [0.4, 0.5) is 9.18 Å². The minimum absolute atomic E-state index is 0.168. The number of likely N-dealkylation sites (tertiary alicyclic amines) is 1. The van der Waals surface area contributed by atoms with E-state index in [1.165, 1.54) is 12.1 Å². The molecule has 0 aromatic heterocycles. The van der Waals surface area contributed by atoms with E-state index < -0.39 is 11.1 Å². The molecule has 4 nitrogen and oxygen atoms in total. The minimum atomic E-state index is -0.572. The highest BCUT2D eigenvalue weighted by atomic mass is 19.1. The Morgan fingerprint density at radius 3 is 2.65 bits per heavy atom. The van der Waals surface area contributed by atoms with Crippen molar-refractivity contribution in [3.63, 3.8) is 0 Å². The molecule has 1 aliphatic heterocycles. The van der Waals surface area contributed by atoms with Crippen molar-refractivity contribution in [2.45, 2.75) is 56.7 Å². The third kappa shape index (κ3) is 2.78. The van der Waals surface area contributed by atoms with Gasteiger partial charge in [0.1, 0.15) is 17.0 Å². The molecule has 0 bridgehead atoms. The van der Waals surface area contributed by atoms with Gasteiger partial charge in [-0.2, -0.15) is 0 Å². The zero-order valence-electron chi connectivity index (χ0n) is 13.7. The Morgan fingerprint density at radius 1 is 1.43 bits per heavy atom. The highest BCUT2D eigenvalue weighted by Gasteiger charge is 2.68. The second-order valence-corrected chi connectivity index (χ2v) is 7.43. The number of amides is 1. The number of hydrogen-bond donors (Lipinski definition) is 0. The average Bonchev–Trinajstić information content (AvgIpc) is 3.13. The number of carbonyl (C=O) groups excluding carboxylic acids is 1. The Bertz CT molecular complexity index is 670. The summed E-state index contributed by atoms with van der Waals surface area (Å²) in [5.41, 5.74) is -0.220. The van der Waals surface area contributed by atoms with Gasteiger partial charge < -0.3 is 9.58 Å². The van der Waals surface area contributed by atoms with Crippen molar-refractivity contribution in [1.82, 2.24) is 4.90 Å². The van der Waals surface area contributed by atoms with Gasteiger partial charge in [0.25, 0.3) is 6.04 Å². The molecule has 2 atom stereocenters. The lowest BCUT2D eigenvalue weighted by Crippen LogP contribution is -2.43. The molecule has 1 amide bonds. The predicted octanol–water partition coefficient (Wildman–Crippen LogP) is 3.98. The predicted molar refractivity (Wildman–Crippen MR) is 84.4 cm³/mol. The summed E-state index contributed by atoms with van der Waals surface area (Å²) in [6.07, 6.45) is 1.25. The van der Waals surface area contributed by atoms with Crippen LogP contribution in [-0.4, -0.2) is 34.7 Å². The Hall–Kier alpha value is -2.09. The molecule has 0 unspecified atom stereocenters. The molecule has 1 saturated carbocycles. The minimum Gasteiger partial charge on any atom is -0.444 e. The van der Waals surface area contributed by atoms with Crippen LogP contribution < -0.4 is 0 Å². The number of halogens is 1. The van der Waals surface area contributed by atoms with E-state index in [1.54, 1.807) is 11.0 Å². The third-order valence-electron chi connectivity index (χ3n) is 4.64. The second-order valence-electron chi connectivity index (χ2n) is 7.43. The first kappa shape index (κ1) is 15.8. The fourth-order valence-electron chi connectivity index (χ4n) is 3.51. The molecule has 3 rings (SSSR count). The Kier molecular flexibility index (Phi) is 3.59. The standard InChI is InChI=1S/C18H21FN2O2/c1-17(2,3)23-16(22)21-11-14(12-6-5-7-13(19)10-12)15(20-4)18(21)8-9-18/h5-7,10,14-15H,8-9,11H2,1-3H3/t14-,15-/m0/s1. The fourth-order valence-corrected chi connectivity index (χ4v) is 3.51.